The summed E-state index contributed by atoms with van der Waals surface area (Å²) in [7, 11) is 0. The molecule has 0 radical (unpaired) electrons. The second-order valence-electron chi connectivity index (χ2n) is 7.16. The van der Waals surface area contributed by atoms with Crippen LogP contribution in [0.3, 0.4) is 0 Å². The molecule has 1 aromatic rings. The minimum absolute atomic E-state index is 0.00428. The van der Waals surface area contributed by atoms with Crippen molar-refractivity contribution in [3.63, 3.8) is 0 Å². The van der Waals surface area contributed by atoms with Crippen molar-refractivity contribution in [1.82, 2.24) is 4.90 Å². The molecule has 1 fully saturated rings. The van der Waals surface area contributed by atoms with Crippen LogP contribution in [0.5, 0.6) is 5.75 Å². The van der Waals surface area contributed by atoms with E-state index in [4.69, 9.17) is 4.74 Å². The third kappa shape index (κ3) is 3.45. The van der Waals surface area contributed by atoms with E-state index in [1.807, 2.05) is 4.90 Å². The van der Waals surface area contributed by atoms with Crippen molar-refractivity contribution in [2.75, 3.05) is 18.1 Å². The van der Waals surface area contributed by atoms with Gasteiger partial charge in [-0.05, 0) is 51.3 Å². The first-order valence-electron chi connectivity index (χ1n) is 9.34. The Labute approximate surface area is 154 Å². The van der Waals surface area contributed by atoms with E-state index in [0.717, 1.165) is 19.3 Å². The third-order valence-electron chi connectivity index (χ3n) is 5.32. The molecule has 26 heavy (non-hydrogen) atoms. The van der Waals surface area contributed by atoms with Gasteiger partial charge in [-0.25, -0.2) is 0 Å². The first-order chi connectivity index (χ1) is 12.4. The monoisotopic (exact) mass is 358 g/mol. The molecule has 2 atom stereocenters. The van der Waals surface area contributed by atoms with Gasteiger partial charge in [-0.15, -0.1) is 0 Å². The first-order valence-corrected chi connectivity index (χ1v) is 9.34. The van der Waals surface area contributed by atoms with Gasteiger partial charge in [0.25, 0.3) is 5.91 Å². The smallest absolute Gasteiger partial charge is 0.265 e. The minimum atomic E-state index is -0.260. The molecule has 2 aliphatic heterocycles. The lowest BCUT2D eigenvalue weighted by Gasteiger charge is -2.40. The fraction of sp³-hybridized carbons (Fsp3) is 0.550. The molecular weight excluding hydrogens is 332 g/mol. The number of Topliss-reactive ketones (excluding diaryl/α,β-unsaturated/α-hetero) is 1. The number of hydrogen-bond donors (Lipinski definition) is 0. The largest absolute Gasteiger partial charge is 0.482 e. The lowest BCUT2D eigenvalue weighted by atomic mass is 9.97. The quantitative estimate of drug-likeness (QED) is 0.776. The van der Waals surface area contributed by atoms with E-state index in [9.17, 15) is 14.4 Å². The van der Waals surface area contributed by atoms with Crippen LogP contribution in [0, 0.1) is 0 Å². The molecule has 0 N–H and O–H groups in total. The van der Waals surface area contributed by atoms with Crippen LogP contribution in [-0.4, -0.2) is 47.7 Å². The normalized spacial score (nSPS) is 22.7. The molecule has 1 saturated heterocycles. The zero-order chi connectivity index (χ0) is 18.8. The Morgan fingerprint density at radius 1 is 1.19 bits per heavy atom. The summed E-state index contributed by atoms with van der Waals surface area (Å²) in [5.41, 5.74) is 1.04. The van der Waals surface area contributed by atoms with Crippen LogP contribution in [-0.2, 0) is 9.59 Å². The van der Waals surface area contributed by atoms with E-state index in [2.05, 4.69) is 13.8 Å². The number of benzene rings is 1. The SMILES string of the molecule is CCC(=O)c1ccc2c(c1)N(CC(=O)N1C(C)CCCC1C)C(=O)CO2. The number of ether oxygens (including phenoxy) is 1. The number of rotatable bonds is 4. The van der Waals surface area contributed by atoms with Gasteiger partial charge in [-0.1, -0.05) is 6.92 Å². The second kappa shape index (κ2) is 7.48. The van der Waals surface area contributed by atoms with Crippen LogP contribution in [0.15, 0.2) is 18.2 Å². The number of nitrogens with zero attached hydrogens (tertiary/aromatic N) is 2. The summed E-state index contributed by atoms with van der Waals surface area (Å²) < 4.78 is 5.48. The zero-order valence-corrected chi connectivity index (χ0v) is 15.7. The minimum Gasteiger partial charge on any atom is -0.482 e. The predicted octanol–water partition coefficient (Wildman–Crippen LogP) is 2.79. The maximum absolute atomic E-state index is 12.9. The summed E-state index contributed by atoms with van der Waals surface area (Å²) in [6, 6.07) is 5.42. The Hall–Kier alpha value is -2.37. The van der Waals surface area contributed by atoms with E-state index in [-0.39, 0.29) is 42.8 Å². The van der Waals surface area contributed by atoms with E-state index in [1.165, 1.54) is 4.90 Å². The molecule has 0 saturated carbocycles. The third-order valence-corrected chi connectivity index (χ3v) is 5.32. The number of hydrogen-bond acceptors (Lipinski definition) is 4. The van der Waals surface area contributed by atoms with Gasteiger partial charge in [0.1, 0.15) is 12.3 Å². The summed E-state index contributed by atoms with van der Waals surface area (Å²) >= 11 is 0. The Morgan fingerprint density at radius 3 is 2.54 bits per heavy atom. The van der Waals surface area contributed by atoms with Crippen molar-refractivity contribution in [3.8, 4) is 5.75 Å². The molecule has 3 rings (SSSR count). The topological polar surface area (TPSA) is 66.9 Å². The van der Waals surface area contributed by atoms with Crippen molar-refractivity contribution in [3.05, 3.63) is 23.8 Å². The molecule has 2 amide bonds. The van der Waals surface area contributed by atoms with Gasteiger partial charge < -0.3 is 9.64 Å². The van der Waals surface area contributed by atoms with Gasteiger partial charge in [-0.3, -0.25) is 19.3 Å². The molecule has 0 spiro atoms. The molecule has 0 aliphatic carbocycles. The van der Waals surface area contributed by atoms with Gasteiger partial charge in [0, 0.05) is 24.1 Å². The van der Waals surface area contributed by atoms with Crippen molar-refractivity contribution in [2.24, 2.45) is 0 Å². The van der Waals surface area contributed by atoms with Crippen molar-refractivity contribution < 1.29 is 19.1 Å². The highest BCUT2D eigenvalue weighted by molar-refractivity contribution is 6.04. The summed E-state index contributed by atoms with van der Waals surface area (Å²) in [4.78, 5) is 40.8. The summed E-state index contributed by atoms with van der Waals surface area (Å²) in [5, 5.41) is 0. The van der Waals surface area contributed by atoms with Crippen LogP contribution in [0.4, 0.5) is 5.69 Å². The lowest BCUT2D eigenvalue weighted by Crippen LogP contribution is -2.53. The van der Waals surface area contributed by atoms with Crippen LogP contribution in [0.1, 0.15) is 56.8 Å². The second-order valence-corrected chi connectivity index (χ2v) is 7.16. The molecule has 2 unspecified atom stereocenters. The molecular formula is C20H26N2O4. The van der Waals surface area contributed by atoms with Gasteiger partial charge in [-0.2, -0.15) is 0 Å². The number of amides is 2. The van der Waals surface area contributed by atoms with E-state index in [1.54, 1.807) is 25.1 Å². The molecule has 0 bridgehead atoms. The number of ketones is 1. The lowest BCUT2D eigenvalue weighted by molar-refractivity contribution is -0.137. The Kier molecular flexibility index (Phi) is 5.30. The van der Waals surface area contributed by atoms with E-state index < -0.39 is 0 Å². The molecule has 0 aromatic heterocycles. The number of carbonyl (C=O) groups excluding carboxylic acids is 3. The highest BCUT2D eigenvalue weighted by atomic mass is 16.5. The molecule has 6 heteroatoms. The maximum atomic E-state index is 12.9. The van der Waals surface area contributed by atoms with Gasteiger partial charge in [0.15, 0.2) is 12.4 Å². The van der Waals surface area contributed by atoms with Crippen molar-refractivity contribution in [2.45, 2.75) is 58.5 Å². The van der Waals surface area contributed by atoms with Crippen molar-refractivity contribution >= 4 is 23.3 Å². The Morgan fingerprint density at radius 2 is 1.88 bits per heavy atom. The van der Waals surface area contributed by atoms with Gasteiger partial charge in [0.2, 0.25) is 5.91 Å². The molecule has 2 heterocycles. The average Bonchev–Trinajstić information content (AvgIpc) is 2.63. The molecule has 1 aromatic carbocycles. The highest BCUT2D eigenvalue weighted by Crippen LogP contribution is 2.34. The molecule has 2 aliphatic rings. The molecule has 140 valence electrons. The van der Waals surface area contributed by atoms with Crippen LogP contribution < -0.4 is 9.64 Å². The average molecular weight is 358 g/mol. The fourth-order valence-corrected chi connectivity index (χ4v) is 3.88. The number of piperidine rings is 1. The van der Waals surface area contributed by atoms with Gasteiger partial charge >= 0.3 is 0 Å². The number of carbonyl (C=O) groups is 3. The molecule has 6 nitrogen and oxygen atoms in total. The van der Waals surface area contributed by atoms with Gasteiger partial charge in [0.05, 0.1) is 5.69 Å². The van der Waals surface area contributed by atoms with E-state index in [0.29, 0.717) is 23.4 Å². The number of likely N-dealkylation sites (tertiary alicyclic amines) is 1. The predicted molar refractivity (Wildman–Crippen MR) is 98.5 cm³/mol. The first kappa shape index (κ1) is 18.4. The summed E-state index contributed by atoms with van der Waals surface area (Å²) in [6.07, 6.45) is 3.47. The van der Waals surface area contributed by atoms with Crippen LogP contribution in [0.2, 0.25) is 0 Å². The zero-order valence-electron chi connectivity index (χ0n) is 15.7. The number of fused-ring (bicyclic) bond motifs is 1. The number of anilines is 1. The maximum Gasteiger partial charge on any atom is 0.265 e. The Balaban J connectivity index is 1.87. The summed E-state index contributed by atoms with van der Waals surface area (Å²) in [6.45, 7) is 5.80. The Bertz CT molecular complexity index is 721. The fourth-order valence-electron chi connectivity index (χ4n) is 3.88. The highest BCUT2D eigenvalue weighted by Gasteiger charge is 2.33. The van der Waals surface area contributed by atoms with Crippen LogP contribution >= 0.6 is 0 Å². The van der Waals surface area contributed by atoms with Crippen molar-refractivity contribution in [1.29, 1.82) is 0 Å². The van der Waals surface area contributed by atoms with Crippen LogP contribution in [0.25, 0.3) is 0 Å². The summed E-state index contributed by atoms with van der Waals surface area (Å²) in [5.74, 6) is 0.211. The standard InChI is InChI=1S/C20H26N2O4/c1-4-17(23)15-8-9-18-16(10-15)21(20(25)12-26-18)11-19(24)22-13(2)6-5-7-14(22)3/h8-10,13-14H,4-7,11-12H2,1-3H3. The van der Waals surface area contributed by atoms with E-state index >= 15 is 0 Å².